The monoisotopic (exact) mass is 620 g/mol. The number of thioether (sulfide) groups is 1. The van der Waals surface area contributed by atoms with E-state index in [-0.39, 0.29) is 23.6 Å². The molecule has 3 aromatic rings. The van der Waals surface area contributed by atoms with Gasteiger partial charge in [-0.15, -0.1) is 11.8 Å². The fourth-order valence-electron chi connectivity index (χ4n) is 3.75. The molecule has 0 saturated heterocycles. The van der Waals surface area contributed by atoms with Crippen LogP contribution in [-0.4, -0.2) is 34.6 Å². The molecule has 0 bridgehead atoms. The molecule has 4 nitrogen and oxygen atoms in total. The lowest BCUT2D eigenvalue weighted by molar-refractivity contribution is -0.139. The van der Waals surface area contributed by atoms with Gasteiger partial charge in [-0.1, -0.05) is 94.6 Å². The summed E-state index contributed by atoms with van der Waals surface area (Å²) in [7, 11) is 0. The minimum Gasteiger partial charge on any atom is -0.352 e. The zero-order valence-electron chi connectivity index (χ0n) is 20.9. The van der Waals surface area contributed by atoms with Gasteiger partial charge in [0, 0.05) is 39.3 Å². The van der Waals surface area contributed by atoms with Crippen molar-refractivity contribution in [1.29, 1.82) is 0 Å². The van der Waals surface area contributed by atoms with Gasteiger partial charge in [0.25, 0.3) is 0 Å². The molecular weight excluding hydrogens is 591 g/mol. The van der Waals surface area contributed by atoms with Crippen LogP contribution in [0.5, 0.6) is 0 Å². The molecule has 37 heavy (non-hydrogen) atoms. The molecule has 0 aliphatic carbocycles. The summed E-state index contributed by atoms with van der Waals surface area (Å²) in [5.41, 5.74) is 2.87. The molecule has 0 aliphatic heterocycles. The van der Waals surface area contributed by atoms with Gasteiger partial charge in [0.15, 0.2) is 0 Å². The van der Waals surface area contributed by atoms with Crippen molar-refractivity contribution in [1.82, 2.24) is 10.2 Å². The van der Waals surface area contributed by atoms with Crippen molar-refractivity contribution in [2.45, 2.75) is 51.1 Å². The highest BCUT2D eigenvalue weighted by Gasteiger charge is 2.30. The summed E-state index contributed by atoms with van der Waals surface area (Å²) >= 11 is 17.3. The van der Waals surface area contributed by atoms with E-state index in [0.717, 1.165) is 27.6 Å². The Balaban J connectivity index is 1.85. The fourth-order valence-corrected chi connectivity index (χ4v) is 5.48. The molecule has 0 spiro atoms. The van der Waals surface area contributed by atoms with Crippen LogP contribution in [0.15, 0.2) is 77.3 Å². The van der Waals surface area contributed by atoms with E-state index in [9.17, 15) is 9.59 Å². The number of halogens is 3. The Bertz CT molecular complexity index is 1180. The Hall–Kier alpha value is -1.99. The van der Waals surface area contributed by atoms with Crippen LogP contribution in [0, 0.1) is 0 Å². The second kappa shape index (κ2) is 14.8. The Morgan fingerprint density at radius 3 is 2.35 bits per heavy atom. The quantitative estimate of drug-likeness (QED) is 0.227. The van der Waals surface area contributed by atoms with Crippen LogP contribution in [0.2, 0.25) is 10.0 Å². The third-order valence-electron chi connectivity index (χ3n) is 6.04. The van der Waals surface area contributed by atoms with Crippen molar-refractivity contribution in [2.24, 2.45) is 0 Å². The molecule has 0 heterocycles. The summed E-state index contributed by atoms with van der Waals surface area (Å²) in [5.74, 6) is 0.542. The first-order chi connectivity index (χ1) is 17.8. The van der Waals surface area contributed by atoms with Gasteiger partial charge in [-0.25, -0.2) is 0 Å². The Morgan fingerprint density at radius 1 is 1.00 bits per heavy atom. The highest BCUT2D eigenvalue weighted by atomic mass is 79.9. The molecule has 3 rings (SSSR count). The Labute approximate surface area is 242 Å². The SMILES string of the molecule is CC[C@H](C)NC(=O)[C@@H](Cc1ccccc1)N(Cc1ccc(Br)cc1)C(=O)CSCc1ccc(Cl)cc1Cl. The topological polar surface area (TPSA) is 49.4 Å². The maximum Gasteiger partial charge on any atom is 0.243 e. The van der Waals surface area contributed by atoms with E-state index >= 15 is 0 Å². The van der Waals surface area contributed by atoms with Crippen LogP contribution < -0.4 is 5.32 Å². The average molecular weight is 622 g/mol. The van der Waals surface area contributed by atoms with Gasteiger partial charge in [0.2, 0.25) is 11.8 Å². The fraction of sp³-hybridized carbons (Fsp3) is 0.310. The molecule has 0 fully saturated rings. The van der Waals surface area contributed by atoms with Crippen LogP contribution in [0.1, 0.15) is 37.0 Å². The summed E-state index contributed by atoms with van der Waals surface area (Å²) in [5, 5.41) is 4.25. The molecule has 196 valence electrons. The second-order valence-corrected chi connectivity index (χ2v) is 11.6. The molecule has 0 aromatic heterocycles. The van der Waals surface area contributed by atoms with Gasteiger partial charge in [-0.2, -0.15) is 0 Å². The van der Waals surface area contributed by atoms with E-state index in [2.05, 4.69) is 21.2 Å². The normalized spacial score (nSPS) is 12.6. The van der Waals surface area contributed by atoms with Gasteiger partial charge in [0.05, 0.1) is 5.75 Å². The molecule has 0 unspecified atom stereocenters. The number of hydrogen-bond donors (Lipinski definition) is 1. The van der Waals surface area contributed by atoms with E-state index < -0.39 is 6.04 Å². The van der Waals surface area contributed by atoms with Crippen molar-refractivity contribution in [3.63, 3.8) is 0 Å². The van der Waals surface area contributed by atoms with Crippen molar-refractivity contribution < 1.29 is 9.59 Å². The molecule has 8 heteroatoms. The van der Waals surface area contributed by atoms with Crippen LogP contribution in [0.3, 0.4) is 0 Å². The Morgan fingerprint density at radius 2 is 1.70 bits per heavy atom. The number of carbonyl (C=O) groups is 2. The van der Waals surface area contributed by atoms with Crippen molar-refractivity contribution in [3.05, 3.63) is 104 Å². The molecule has 0 saturated carbocycles. The molecule has 0 aliphatic rings. The highest BCUT2D eigenvalue weighted by molar-refractivity contribution is 9.10. The largest absolute Gasteiger partial charge is 0.352 e. The molecule has 2 atom stereocenters. The van der Waals surface area contributed by atoms with E-state index in [1.165, 1.54) is 11.8 Å². The number of carbonyl (C=O) groups excluding carboxylic acids is 2. The predicted octanol–water partition coefficient (Wildman–Crippen LogP) is 7.54. The summed E-state index contributed by atoms with van der Waals surface area (Å²) in [4.78, 5) is 28.9. The number of hydrogen-bond acceptors (Lipinski definition) is 3. The van der Waals surface area contributed by atoms with Gasteiger partial charge in [-0.05, 0) is 54.3 Å². The standard InChI is InChI=1S/C29H31BrCl2N2O2S/c1-3-20(2)33-29(36)27(15-21-7-5-4-6-8-21)34(17-22-9-12-24(30)13-10-22)28(35)19-37-18-23-11-14-25(31)16-26(23)32/h4-14,16,20,27H,3,15,17-19H2,1-2H3,(H,33,36)/t20-,27+/m0/s1. The maximum absolute atomic E-state index is 13.7. The van der Waals surface area contributed by atoms with E-state index in [4.69, 9.17) is 23.2 Å². The Kier molecular flexibility index (Phi) is 11.8. The number of benzene rings is 3. The van der Waals surface area contributed by atoms with Crippen LogP contribution >= 0.6 is 50.9 Å². The van der Waals surface area contributed by atoms with Crippen LogP contribution in [0.4, 0.5) is 0 Å². The third kappa shape index (κ3) is 9.36. The lowest BCUT2D eigenvalue weighted by Crippen LogP contribution is -2.52. The van der Waals surface area contributed by atoms with Crippen LogP contribution in [-0.2, 0) is 28.3 Å². The second-order valence-electron chi connectivity index (χ2n) is 8.90. The number of rotatable bonds is 12. The van der Waals surface area contributed by atoms with Crippen molar-refractivity contribution >= 4 is 62.7 Å². The average Bonchev–Trinajstić information content (AvgIpc) is 2.88. The molecule has 2 amide bonds. The minimum atomic E-state index is -0.646. The molecule has 0 radical (unpaired) electrons. The van der Waals surface area contributed by atoms with E-state index in [1.54, 1.807) is 17.0 Å². The van der Waals surface area contributed by atoms with Crippen molar-refractivity contribution in [2.75, 3.05) is 5.75 Å². The minimum absolute atomic E-state index is 0.0110. The number of nitrogens with zero attached hydrogens (tertiary/aromatic N) is 1. The van der Waals surface area contributed by atoms with E-state index in [1.807, 2.05) is 74.5 Å². The zero-order valence-corrected chi connectivity index (χ0v) is 24.8. The maximum atomic E-state index is 13.7. The zero-order chi connectivity index (χ0) is 26.8. The molecule has 3 aromatic carbocycles. The summed E-state index contributed by atoms with van der Waals surface area (Å²) in [6.07, 6.45) is 1.24. The van der Waals surface area contributed by atoms with E-state index in [0.29, 0.717) is 28.8 Å². The van der Waals surface area contributed by atoms with Gasteiger partial charge < -0.3 is 10.2 Å². The van der Waals surface area contributed by atoms with Gasteiger partial charge in [0.1, 0.15) is 6.04 Å². The molecular formula is C29H31BrCl2N2O2S. The first-order valence-electron chi connectivity index (χ1n) is 12.2. The van der Waals surface area contributed by atoms with Gasteiger partial charge >= 0.3 is 0 Å². The van der Waals surface area contributed by atoms with Crippen molar-refractivity contribution in [3.8, 4) is 0 Å². The summed E-state index contributed by atoms with van der Waals surface area (Å²) in [6.45, 7) is 4.34. The first-order valence-corrected chi connectivity index (χ1v) is 14.9. The summed E-state index contributed by atoms with van der Waals surface area (Å²) < 4.78 is 0.958. The summed E-state index contributed by atoms with van der Waals surface area (Å²) in [6, 6.07) is 22.4. The third-order valence-corrected chi connectivity index (χ3v) is 8.12. The molecule has 1 N–H and O–H groups in total. The predicted molar refractivity (Wildman–Crippen MR) is 159 cm³/mol. The van der Waals surface area contributed by atoms with Gasteiger partial charge in [-0.3, -0.25) is 9.59 Å². The lowest BCUT2D eigenvalue weighted by atomic mass is 10.0. The van der Waals surface area contributed by atoms with Crippen LogP contribution in [0.25, 0.3) is 0 Å². The number of amides is 2. The number of nitrogens with one attached hydrogen (secondary N) is 1. The first kappa shape index (κ1) is 29.6. The lowest BCUT2D eigenvalue weighted by Gasteiger charge is -2.32. The smallest absolute Gasteiger partial charge is 0.243 e. The highest BCUT2D eigenvalue weighted by Crippen LogP contribution is 2.25.